The highest BCUT2D eigenvalue weighted by molar-refractivity contribution is 9.10. The maximum Gasteiger partial charge on any atom is 0.179 e. The molecule has 22 heavy (non-hydrogen) atoms. The van der Waals surface area contributed by atoms with Crippen molar-refractivity contribution in [3.8, 4) is 0 Å². The van der Waals surface area contributed by atoms with Crippen molar-refractivity contribution in [3.05, 3.63) is 28.7 Å². The summed E-state index contributed by atoms with van der Waals surface area (Å²) in [5, 5.41) is 3.43. The van der Waals surface area contributed by atoms with Gasteiger partial charge in [-0.1, -0.05) is 15.9 Å². The maximum absolute atomic E-state index is 12.4. The molecule has 2 saturated heterocycles. The van der Waals surface area contributed by atoms with Gasteiger partial charge >= 0.3 is 0 Å². The number of sulfone groups is 1. The maximum atomic E-state index is 12.4. The lowest BCUT2D eigenvalue weighted by molar-refractivity contribution is 0.284. The summed E-state index contributed by atoms with van der Waals surface area (Å²) in [6.45, 7) is 4.89. The first-order valence-corrected chi connectivity index (χ1v) is 9.85. The molecule has 2 aliphatic heterocycles. The van der Waals surface area contributed by atoms with Crippen LogP contribution in [0, 0.1) is 5.41 Å². The third-order valence-electron chi connectivity index (χ3n) is 4.70. The Morgan fingerprint density at radius 1 is 1.23 bits per heavy atom. The predicted octanol–water partition coefficient (Wildman–Crippen LogP) is 2.33. The Labute approximate surface area is 147 Å². The van der Waals surface area contributed by atoms with Crippen molar-refractivity contribution in [3.63, 3.8) is 0 Å². The number of benzene rings is 1. The van der Waals surface area contributed by atoms with E-state index in [1.807, 2.05) is 0 Å². The predicted molar refractivity (Wildman–Crippen MR) is 94.4 cm³/mol. The van der Waals surface area contributed by atoms with Crippen molar-refractivity contribution < 1.29 is 8.42 Å². The Balaban J connectivity index is 0.00000176. The molecule has 0 saturated carbocycles. The Morgan fingerprint density at radius 2 is 1.95 bits per heavy atom. The fourth-order valence-electron chi connectivity index (χ4n) is 3.37. The van der Waals surface area contributed by atoms with E-state index in [1.54, 1.807) is 24.3 Å². The number of hydrogen-bond acceptors (Lipinski definition) is 4. The molecule has 0 radical (unpaired) electrons. The number of likely N-dealkylation sites (tertiary alicyclic amines) is 1. The minimum atomic E-state index is -3.18. The molecular formula is C15H22BrClN2O2S. The van der Waals surface area contributed by atoms with E-state index < -0.39 is 9.84 Å². The van der Waals surface area contributed by atoms with Gasteiger partial charge in [-0.25, -0.2) is 8.42 Å². The average molecular weight is 410 g/mol. The zero-order chi connectivity index (χ0) is 14.9. The van der Waals surface area contributed by atoms with Crippen molar-refractivity contribution in [2.75, 3.05) is 38.5 Å². The Morgan fingerprint density at radius 3 is 2.59 bits per heavy atom. The fourth-order valence-corrected chi connectivity index (χ4v) is 4.92. The highest BCUT2D eigenvalue weighted by Crippen LogP contribution is 2.35. The minimum absolute atomic E-state index is 0. The van der Waals surface area contributed by atoms with Crippen molar-refractivity contribution in [2.45, 2.75) is 17.7 Å². The van der Waals surface area contributed by atoms with E-state index in [9.17, 15) is 8.42 Å². The molecule has 1 aromatic carbocycles. The van der Waals surface area contributed by atoms with E-state index in [-0.39, 0.29) is 18.2 Å². The van der Waals surface area contributed by atoms with E-state index in [0.717, 1.165) is 30.7 Å². The molecular weight excluding hydrogens is 388 g/mol. The molecule has 3 rings (SSSR count). The fraction of sp³-hybridized carbons (Fsp3) is 0.600. The third kappa shape index (κ3) is 4.03. The summed E-state index contributed by atoms with van der Waals surface area (Å²) in [5.74, 6) is 0.206. The first-order valence-electron chi connectivity index (χ1n) is 7.41. The summed E-state index contributed by atoms with van der Waals surface area (Å²) >= 11 is 3.33. The summed E-state index contributed by atoms with van der Waals surface area (Å²) < 4.78 is 25.6. The lowest BCUT2D eigenvalue weighted by Gasteiger charge is -2.22. The van der Waals surface area contributed by atoms with Crippen molar-refractivity contribution >= 4 is 38.2 Å². The molecule has 2 heterocycles. The SMILES string of the molecule is Cl.O=S(=O)(CCN1CCC2(CCNC2)C1)c1ccc(Br)cc1. The molecule has 0 aliphatic carbocycles. The van der Waals surface area contributed by atoms with E-state index in [4.69, 9.17) is 0 Å². The molecule has 1 atom stereocenters. The van der Waals surface area contributed by atoms with Gasteiger partial charge in [0.1, 0.15) is 0 Å². The molecule has 124 valence electrons. The first kappa shape index (κ1) is 18.2. The highest BCUT2D eigenvalue weighted by Gasteiger charge is 2.40. The van der Waals surface area contributed by atoms with E-state index in [0.29, 0.717) is 16.9 Å². The third-order valence-corrected chi connectivity index (χ3v) is 6.94. The van der Waals surface area contributed by atoms with Crippen LogP contribution in [0.3, 0.4) is 0 Å². The zero-order valence-electron chi connectivity index (χ0n) is 12.4. The Kier molecular flexibility index (Phi) is 5.94. The smallest absolute Gasteiger partial charge is 0.179 e. The van der Waals surface area contributed by atoms with Gasteiger partial charge in [-0.3, -0.25) is 0 Å². The van der Waals surface area contributed by atoms with Gasteiger partial charge in [0, 0.05) is 24.1 Å². The minimum Gasteiger partial charge on any atom is -0.316 e. The monoisotopic (exact) mass is 408 g/mol. The van der Waals surface area contributed by atoms with Crippen LogP contribution in [0.15, 0.2) is 33.6 Å². The second-order valence-corrected chi connectivity index (χ2v) is 9.25. The molecule has 0 bridgehead atoms. The number of halogens is 2. The van der Waals surface area contributed by atoms with Crippen molar-refractivity contribution in [1.82, 2.24) is 10.2 Å². The van der Waals surface area contributed by atoms with Gasteiger partial charge in [-0.15, -0.1) is 12.4 Å². The Hall–Kier alpha value is -0.140. The molecule has 7 heteroatoms. The molecule has 1 aromatic rings. The van der Waals surface area contributed by atoms with E-state index in [2.05, 4.69) is 26.1 Å². The van der Waals surface area contributed by atoms with Crippen LogP contribution in [0.4, 0.5) is 0 Å². The van der Waals surface area contributed by atoms with Gasteiger partial charge < -0.3 is 10.2 Å². The lowest BCUT2D eigenvalue weighted by atomic mass is 9.87. The van der Waals surface area contributed by atoms with Crippen LogP contribution in [0.2, 0.25) is 0 Å². The van der Waals surface area contributed by atoms with Crippen LogP contribution in [0.1, 0.15) is 12.8 Å². The molecule has 0 aromatic heterocycles. The molecule has 2 fully saturated rings. The van der Waals surface area contributed by atoms with Crippen LogP contribution < -0.4 is 5.32 Å². The molecule has 1 spiro atoms. The van der Waals surface area contributed by atoms with Gasteiger partial charge in [0.25, 0.3) is 0 Å². The number of nitrogens with zero attached hydrogens (tertiary/aromatic N) is 1. The van der Waals surface area contributed by atoms with Gasteiger partial charge in [0.2, 0.25) is 0 Å². The molecule has 0 amide bonds. The van der Waals surface area contributed by atoms with E-state index >= 15 is 0 Å². The molecule has 2 aliphatic rings. The standard InChI is InChI=1S/C15H21BrN2O2S.ClH/c16-13-1-3-14(4-2-13)21(19,20)10-9-18-8-6-15(12-18)5-7-17-11-15;/h1-4,17H,5-12H2;1H. The summed E-state index contributed by atoms with van der Waals surface area (Å²) in [5.41, 5.74) is 0.404. The van der Waals surface area contributed by atoms with Crippen LogP contribution >= 0.6 is 28.3 Å². The van der Waals surface area contributed by atoms with Gasteiger partial charge in [-0.05, 0) is 55.6 Å². The lowest BCUT2D eigenvalue weighted by Crippen LogP contribution is -2.32. The van der Waals surface area contributed by atoms with Crippen LogP contribution in [0.25, 0.3) is 0 Å². The number of rotatable bonds is 4. The van der Waals surface area contributed by atoms with Crippen LogP contribution in [-0.4, -0.2) is 51.8 Å². The zero-order valence-corrected chi connectivity index (χ0v) is 15.6. The molecule has 4 nitrogen and oxygen atoms in total. The van der Waals surface area contributed by atoms with Crippen molar-refractivity contribution in [2.24, 2.45) is 5.41 Å². The topological polar surface area (TPSA) is 49.4 Å². The van der Waals surface area contributed by atoms with Crippen LogP contribution in [-0.2, 0) is 9.84 Å². The van der Waals surface area contributed by atoms with Gasteiger partial charge in [-0.2, -0.15) is 0 Å². The molecule has 1 N–H and O–H groups in total. The number of nitrogens with one attached hydrogen (secondary N) is 1. The second-order valence-electron chi connectivity index (χ2n) is 6.23. The largest absolute Gasteiger partial charge is 0.316 e. The summed E-state index contributed by atoms with van der Waals surface area (Å²) in [4.78, 5) is 2.73. The number of hydrogen-bond donors (Lipinski definition) is 1. The average Bonchev–Trinajstić information content (AvgIpc) is 3.08. The van der Waals surface area contributed by atoms with Gasteiger partial charge in [0.15, 0.2) is 9.84 Å². The summed E-state index contributed by atoms with van der Waals surface area (Å²) in [6, 6.07) is 6.90. The molecule has 1 unspecified atom stereocenters. The van der Waals surface area contributed by atoms with E-state index in [1.165, 1.54) is 12.8 Å². The Bertz CT molecular complexity index is 600. The second kappa shape index (κ2) is 7.18. The van der Waals surface area contributed by atoms with Crippen molar-refractivity contribution in [1.29, 1.82) is 0 Å². The summed E-state index contributed by atoms with van der Waals surface area (Å²) in [6.07, 6.45) is 2.42. The first-order chi connectivity index (χ1) is 9.99. The van der Waals surface area contributed by atoms with Crippen LogP contribution in [0.5, 0.6) is 0 Å². The quantitative estimate of drug-likeness (QED) is 0.829. The van der Waals surface area contributed by atoms with Gasteiger partial charge in [0.05, 0.1) is 10.6 Å². The summed E-state index contributed by atoms with van der Waals surface area (Å²) in [7, 11) is -3.18. The highest BCUT2D eigenvalue weighted by atomic mass is 79.9. The normalized spacial score (nSPS) is 25.5.